The summed E-state index contributed by atoms with van der Waals surface area (Å²) < 4.78 is 19.8. The average molecular weight is 460 g/mol. The maximum Gasteiger partial charge on any atom is 0.280 e. The molecule has 3 aliphatic heterocycles. The maximum absolute atomic E-state index is 14.2. The molecule has 0 bridgehead atoms. The molecule has 2 amide bonds. The summed E-state index contributed by atoms with van der Waals surface area (Å²) in [6, 6.07) is 8.48. The molecular formula is C27H26FN3O3. The van der Waals surface area contributed by atoms with E-state index in [-0.39, 0.29) is 35.8 Å². The lowest BCUT2D eigenvalue weighted by Crippen LogP contribution is -2.38. The molecule has 0 aromatic heterocycles. The van der Waals surface area contributed by atoms with Crippen LogP contribution in [0.15, 0.2) is 60.6 Å². The fourth-order valence-electron chi connectivity index (χ4n) is 4.95. The Morgan fingerprint density at radius 3 is 2.82 bits per heavy atom. The number of fused-ring (bicyclic) bond motifs is 2. The van der Waals surface area contributed by atoms with Gasteiger partial charge in [-0.3, -0.25) is 9.59 Å². The van der Waals surface area contributed by atoms with Crippen LogP contribution in [0.2, 0.25) is 0 Å². The van der Waals surface area contributed by atoms with E-state index in [1.807, 2.05) is 19.1 Å². The number of hydrogen-bond donors (Lipinski definition) is 1. The Morgan fingerprint density at radius 1 is 1.29 bits per heavy atom. The van der Waals surface area contributed by atoms with Crippen LogP contribution in [0.5, 0.6) is 0 Å². The Morgan fingerprint density at radius 2 is 2.12 bits per heavy atom. The van der Waals surface area contributed by atoms with E-state index < -0.39 is 0 Å². The molecule has 0 spiro atoms. The number of carbonyl (C=O) groups excluding carboxylic acids is 2. The fraction of sp³-hybridized carbons (Fsp3) is 0.296. The lowest BCUT2D eigenvalue weighted by molar-refractivity contribution is -0.113. The van der Waals surface area contributed by atoms with E-state index in [1.165, 1.54) is 6.07 Å². The molecule has 3 aliphatic rings. The highest BCUT2D eigenvalue weighted by atomic mass is 19.1. The monoisotopic (exact) mass is 459 g/mol. The first-order chi connectivity index (χ1) is 16.4. The van der Waals surface area contributed by atoms with Crippen molar-refractivity contribution in [2.24, 2.45) is 5.92 Å². The first kappa shape index (κ1) is 22.1. The van der Waals surface area contributed by atoms with Crippen LogP contribution < -0.4 is 10.2 Å². The number of aryl methyl sites for hydroxylation is 1. The summed E-state index contributed by atoms with van der Waals surface area (Å²) in [5.41, 5.74) is 7.57. The maximum atomic E-state index is 14.2. The minimum atomic E-state index is -0.363. The first-order valence-electron chi connectivity index (χ1n) is 11.4. The predicted octanol–water partition coefficient (Wildman–Crippen LogP) is 4.66. The number of benzene rings is 2. The molecule has 6 nitrogen and oxygen atoms in total. The van der Waals surface area contributed by atoms with E-state index in [0.717, 1.165) is 36.3 Å². The van der Waals surface area contributed by atoms with Gasteiger partial charge in [-0.2, -0.15) is 0 Å². The molecule has 2 aromatic carbocycles. The van der Waals surface area contributed by atoms with Gasteiger partial charge in [0.25, 0.3) is 11.8 Å². The van der Waals surface area contributed by atoms with Crippen LogP contribution in [0.1, 0.15) is 39.9 Å². The zero-order valence-electron chi connectivity index (χ0n) is 19.1. The van der Waals surface area contributed by atoms with Crippen LogP contribution in [-0.4, -0.2) is 29.9 Å². The van der Waals surface area contributed by atoms with E-state index in [1.54, 1.807) is 21.9 Å². The number of hydrogen-bond acceptors (Lipinski definition) is 4. The van der Waals surface area contributed by atoms with Crippen molar-refractivity contribution in [1.82, 2.24) is 4.90 Å². The Labute approximate surface area is 198 Å². The number of rotatable bonds is 3. The number of carbonyl (C=O) groups is 2. The molecular weight excluding hydrogens is 433 g/mol. The first-order valence-corrected chi connectivity index (χ1v) is 11.4. The minimum Gasteiger partial charge on any atom is -0.381 e. The van der Waals surface area contributed by atoms with Crippen LogP contribution in [0, 0.1) is 18.7 Å². The summed E-state index contributed by atoms with van der Waals surface area (Å²) in [5, 5.41) is 2.86. The van der Waals surface area contributed by atoms with Gasteiger partial charge in [-0.15, -0.1) is 0 Å². The number of ether oxygens (including phenoxy) is 1. The zero-order valence-corrected chi connectivity index (χ0v) is 19.1. The Kier molecular flexibility index (Phi) is 5.60. The van der Waals surface area contributed by atoms with Crippen molar-refractivity contribution in [3.63, 3.8) is 0 Å². The molecule has 5 rings (SSSR count). The molecule has 1 atom stereocenters. The summed E-state index contributed by atoms with van der Waals surface area (Å²) in [4.78, 5) is 29.7. The molecule has 3 heterocycles. The smallest absolute Gasteiger partial charge is 0.280 e. The second-order valence-electron chi connectivity index (χ2n) is 8.94. The molecule has 7 heteroatoms. The van der Waals surface area contributed by atoms with Gasteiger partial charge >= 0.3 is 0 Å². The third-order valence-electron chi connectivity index (χ3n) is 6.80. The number of nitrogens with one attached hydrogen (secondary N) is 1. The number of anilines is 2. The summed E-state index contributed by atoms with van der Waals surface area (Å²) in [5.74, 6) is -0.804. The Hall–Kier alpha value is -3.67. The predicted molar refractivity (Wildman–Crippen MR) is 128 cm³/mol. The quantitative estimate of drug-likeness (QED) is 0.536. The number of halogens is 1. The second-order valence-corrected chi connectivity index (χ2v) is 8.94. The number of amides is 2. The lowest BCUT2D eigenvalue weighted by atomic mass is 9.95. The van der Waals surface area contributed by atoms with Crippen molar-refractivity contribution in [2.75, 3.05) is 23.4 Å². The summed E-state index contributed by atoms with van der Waals surface area (Å²) >= 11 is 0. The molecule has 34 heavy (non-hydrogen) atoms. The molecule has 0 aliphatic carbocycles. The van der Waals surface area contributed by atoms with Crippen LogP contribution in [-0.2, 0) is 22.6 Å². The Bertz CT molecular complexity index is 1270. The standard InChI is InChI=1S/C27H26FN3O3/c1-4-24-26(32)29-23-12-20(27(33)30-13-18-7-5-9-22(28)21(18)14-30)16(2)11-25(23)31(24)17(3)19-8-6-10-34-15-19/h5,7,9,11-12,19H,1,3,6,8,10,13-15H2,2H3,(H,29,32). The van der Waals surface area contributed by atoms with Gasteiger partial charge in [0.2, 0.25) is 0 Å². The summed E-state index contributed by atoms with van der Waals surface area (Å²) in [7, 11) is 0. The highest BCUT2D eigenvalue weighted by Crippen LogP contribution is 2.41. The zero-order chi connectivity index (χ0) is 24.0. The fourth-order valence-corrected chi connectivity index (χ4v) is 4.95. The van der Waals surface area contributed by atoms with E-state index in [4.69, 9.17) is 4.74 Å². The molecule has 1 saturated heterocycles. The van der Waals surface area contributed by atoms with Crippen LogP contribution in [0.3, 0.4) is 0 Å². The van der Waals surface area contributed by atoms with Gasteiger partial charge in [0.05, 0.1) is 18.0 Å². The number of nitrogens with zero attached hydrogens (tertiary/aromatic N) is 2. The third-order valence-corrected chi connectivity index (χ3v) is 6.80. The van der Waals surface area contributed by atoms with Crippen LogP contribution in [0.25, 0.3) is 0 Å². The van der Waals surface area contributed by atoms with Crippen molar-refractivity contribution in [3.05, 3.63) is 88.7 Å². The van der Waals surface area contributed by atoms with E-state index in [2.05, 4.69) is 24.2 Å². The molecule has 0 saturated carbocycles. The van der Waals surface area contributed by atoms with E-state index in [0.29, 0.717) is 35.7 Å². The molecule has 1 N–H and O–H groups in total. The Balaban J connectivity index is 1.50. The van der Waals surface area contributed by atoms with Gasteiger partial charge in [-0.25, -0.2) is 4.39 Å². The van der Waals surface area contributed by atoms with E-state index >= 15 is 0 Å². The SMILES string of the molecule is C=C=C1C(=O)Nc2cc(C(=O)N3Cc4cccc(F)c4C3)c(C)cc2N1C(=C)C1CCCOC1. The molecule has 2 aromatic rings. The van der Waals surface area contributed by atoms with Gasteiger partial charge in [0.1, 0.15) is 5.82 Å². The third kappa shape index (κ3) is 3.63. The van der Waals surface area contributed by atoms with Gasteiger partial charge in [-0.05, 0) is 49.1 Å². The van der Waals surface area contributed by atoms with Gasteiger partial charge in [-0.1, -0.05) is 31.0 Å². The minimum absolute atomic E-state index is 0.0652. The van der Waals surface area contributed by atoms with Crippen LogP contribution >= 0.6 is 0 Å². The van der Waals surface area contributed by atoms with Crippen molar-refractivity contribution >= 4 is 23.2 Å². The van der Waals surface area contributed by atoms with E-state index in [9.17, 15) is 14.0 Å². The summed E-state index contributed by atoms with van der Waals surface area (Å²) in [6.07, 6.45) is 1.84. The van der Waals surface area contributed by atoms with Crippen molar-refractivity contribution in [2.45, 2.75) is 32.9 Å². The van der Waals surface area contributed by atoms with Crippen molar-refractivity contribution < 1.29 is 18.7 Å². The lowest BCUT2D eigenvalue weighted by Gasteiger charge is -2.37. The van der Waals surface area contributed by atoms with Gasteiger partial charge in [0.15, 0.2) is 5.70 Å². The van der Waals surface area contributed by atoms with Gasteiger partial charge in [0, 0.05) is 42.4 Å². The molecule has 0 radical (unpaired) electrons. The highest BCUT2D eigenvalue weighted by molar-refractivity contribution is 6.13. The topological polar surface area (TPSA) is 61.9 Å². The average Bonchev–Trinajstić information content (AvgIpc) is 3.29. The van der Waals surface area contributed by atoms with Gasteiger partial charge < -0.3 is 19.9 Å². The molecule has 1 fully saturated rings. The van der Waals surface area contributed by atoms with Crippen molar-refractivity contribution in [3.8, 4) is 0 Å². The second kappa shape index (κ2) is 8.60. The highest BCUT2D eigenvalue weighted by Gasteiger charge is 2.35. The largest absolute Gasteiger partial charge is 0.381 e. The molecule has 174 valence electrons. The normalized spacial score (nSPS) is 19.3. The van der Waals surface area contributed by atoms with Crippen LogP contribution in [0.4, 0.5) is 15.8 Å². The summed E-state index contributed by atoms with van der Waals surface area (Å²) in [6.45, 7) is 11.7. The van der Waals surface area contributed by atoms with Crippen molar-refractivity contribution in [1.29, 1.82) is 0 Å². The molecule has 1 unspecified atom stereocenters.